The van der Waals surface area contributed by atoms with Gasteiger partial charge in [-0.05, 0) is 18.2 Å². The lowest BCUT2D eigenvalue weighted by Gasteiger charge is -2.12. The number of hydrogen-bond donors (Lipinski definition) is 1. The van der Waals surface area contributed by atoms with Gasteiger partial charge >= 0.3 is 0 Å². The van der Waals surface area contributed by atoms with Gasteiger partial charge in [0.2, 0.25) is 0 Å². The Morgan fingerprint density at radius 2 is 2.10 bits per heavy atom. The predicted molar refractivity (Wildman–Crippen MR) is 74.3 cm³/mol. The van der Waals surface area contributed by atoms with Crippen molar-refractivity contribution in [2.45, 2.75) is 26.2 Å². The molecule has 5 heteroatoms. The van der Waals surface area contributed by atoms with Crippen molar-refractivity contribution in [2.24, 2.45) is 0 Å². The van der Waals surface area contributed by atoms with Gasteiger partial charge in [-0.25, -0.2) is 0 Å². The van der Waals surface area contributed by atoms with E-state index in [0.29, 0.717) is 22.7 Å². The summed E-state index contributed by atoms with van der Waals surface area (Å²) in [5.41, 5.74) is 0.675. The van der Waals surface area contributed by atoms with Crippen molar-refractivity contribution in [3.8, 4) is 6.07 Å². The quantitative estimate of drug-likeness (QED) is 0.908. The highest BCUT2D eigenvalue weighted by Gasteiger charge is 2.20. The monoisotopic (exact) mass is 269 g/mol. The molecule has 0 saturated carbocycles. The fourth-order valence-electron chi connectivity index (χ4n) is 1.61. The summed E-state index contributed by atoms with van der Waals surface area (Å²) in [6, 6.07) is 10.2. The number of amides is 1. The SMILES string of the molecule is CC(C)(C)c1cc(NC(=O)c2cccc(C#N)c2)no1. The largest absolute Gasteiger partial charge is 0.359 e. The zero-order valence-electron chi connectivity index (χ0n) is 11.6. The first-order valence-corrected chi connectivity index (χ1v) is 6.19. The van der Waals surface area contributed by atoms with Crippen LogP contribution in [0.25, 0.3) is 0 Å². The maximum Gasteiger partial charge on any atom is 0.256 e. The fourth-order valence-corrected chi connectivity index (χ4v) is 1.61. The minimum atomic E-state index is -0.323. The molecule has 0 aliphatic heterocycles. The summed E-state index contributed by atoms with van der Waals surface area (Å²) in [7, 11) is 0. The topological polar surface area (TPSA) is 78.9 Å². The van der Waals surface area contributed by atoms with Gasteiger partial charge in [0.05, 0.1) is 11.6 Å². The van der Waals surface area contributed by atoms with Crippen molar-refractivity contribution in [3.63, 3.8) is 0 Å². The van der Waals surface area contributed by atoms with E-state index >= 15 is 0 Å². The Balaban J connectivity index is 2.16. The van der Waals surface area contributed by atoms with Gasteiger partial charge in [0.25, 0.3) is 5.91 Å². The van der Waals surface area contributed by atoms with E-state index in [1.165, 1.54) is 6.07 Å². The normalized spacial score (nSPS) is 10.9. The summed E-state index contributed by atoms with van der Waals surface area (Å²) in [6.07, 6.45) is 0. The highest BCUT2D eigenvalue weighted by molar-refractivity contribution is 6.03. The molecule has 2 aromatic rings. The minimum Gasteiger partial charge on any atom is -0.359 e. The van der Waals surface area contributed by atoms with E-state index in [1.807, 2.05) is 26.8 Å². The molecule has 0 saturated heterocycles. The molecule has 20 heavy (non-hydrogen) atoms. The molecule has 0 aliphatic rings. The molecule has 1 amide bonds. The van der Waals surface area contributed by atoms with Gasteiger partial charge in [0.15, 0.2) is 5.82 Å². The van der Waals surface area contributed by atoms with Crippen molar-refractivity contribution < 1.29 is 9.32 Å². The van der Waals surface area contributed by atoms with Gasteiger partial charge in [-0.2, -0.15) is 5.26 Å². The summed E-state index contributed by atoms with van der Waals surface area (Å²) >= 11 is 0. The van der Waals surface area contributed by atoms with Crippen molar-refractivity contribution in [2.75, 3.05) is 5.32 Å². The van der Waals surface area contributed by atoms with Crippen LogP contribution in [-0.4, -0.2) is 11.1 Å². The lowest BCUT2D eigenvalue weighted by Crippen LogP contribution is -2.12. The molecule has 102 valence electrons. The van der Waals surface area contributed by atoms with Crippen LogP contribution >= 0.6 is 0 Å². The lowest BCUT2D eigenvalue weighted by molar-refractivity contribution is 0.102. The van der Waals surface area contributed by atoms with E-state index < -0.39 is 0 Å². The van der Waals surface area contributed by atoms with Gasteiger partial charge in [0, 0.05) is 17.0 Å². The lowest BCUT2D eigenvalue weighted by atomic mass is 9.93. The minimum absolute atomic E-state index is 0.170. The number of hydrogen-bond acceptors (Lipinski definition) is 4. The molecule has 1 N–H and O–H groups in total. The Morgan fingerprint density at radius 3 is 2.70 bits per heavy atom. The van der Waals surface area contributed by atoms with Crippen LogP contribution in [0, 0.1) is 11.3 Å². The summed E-state index contributed by atoms with van der Waals surface area (Å²) in [4.78, 5) is 12.0. The van der Waals surface area contributed by atoms with Gasteiger partial charge in [0.1, 0.15) is 5.76 Å². The van der Waals surface area contributed by atoms with Gasteiger partial charge in [-0.15, -0.1) is 0 Å². The second-order valence-electron chi connectivity index (χ2n) is 5.47. The number of nitrogens with zero attached hydrogens (tertiary/aromatic N) is 2. The molecule has 5 nitrogen and oxygen atoms in total. The first-order valence-electron chi connectivity index (χ1n) is 6.19. The third-order valence-electron chi connectivity index (χ3n) is 2.74. The molecular formula is C15H15N3O2. The van der Waals surface area contributed by atoms with Crippen LogP contribution in [0.5, 0.6) is 0 Å². The van der Waals surface area contributed by atoms with Gasteiger partial charge < -0.3 is 9.84 Å². The number of nitrogens with one attached hydrogen (secondary N) is 1. The van der Waals surface area contributed by atoms with Gasteiger partial charge in [-0.1, -0.05) is 32.0 Å². The van der Waals surface area contributed by atoms with Crippen LogP contribution in [0.2, 0.25) is 0 Å². The second-order valence-corrected chi connectivity index (χ2v) is 5.47. The molecule has 1 aromatic heterocycles. The predicted octanol–water partition coefficient (Wildman–Crippen LogP) is 3.10. The smallest absolute Gasteiger partial charge is 0.256 e. The summed E-state index contributed by atoms with van der Waals surface area (Å²) < 4.78 is 5.19. The molecule has 0 radical (unpaired) electrons. The fraction of sp³-hybridized carbons (Fsp3) is 0.267. The maximum absolute atomic E-state index is 12.0. The van der Waals surface area contributed by atoms with Crippen LogP contribution in [0.4, 0.5) is 5.82 Å². The van der Waals surface area contributed by atoms with Crippen LogP contribution < -0.4 is 5.32 Å². The van der Waals surface area contributed by atoms with E-state index in [2.05, 4.69) is 10.5 Å². The van der Waals surface area contributed by atoms with E-state index in [1.54, 1.807) is 24.3 Å². The molecule has 0 unspecified atom stereocenters. The van der Waals surface area contributed by atoms with E-state index in [-0.39, 0.29) is 11.3 Å². The second kappa shape index (κ2) is 5.17. The van der Waals surface area contributed by atoms with Crippen molar-refractivity contribution in [3.05, 3.63) is 47.2 Å². The molecule has 0 fully saturated rings. The Morgan fingerprint density at radius 1 is 1.35 bits per heavy atom. The zero-order chi connectivity index (χ0) is 14.8. The average Bonchev–Trinajstić information content (AvgIpc) is 2.87. The Hall–Kier alpha value is -2.61. The molecule has 0 aliphatic carbocycles. The first-order chi connectivity index (χ1) is 9.40. The van der Waals surface area contributed by atoms with E-state index in [0.717, 1.165) is 0 Å². The van der Waals surface area contributed by atoms with Crippen LogP contribution in [0.1, 0.15) is 42.5 Å². The van der Waals surface area contributed by atoms with E-state index in [4.69, 9.17) is 9.78 Å². The highest BCUT2D eigenvalue weighted by Crippen LogP contribution is 2.24. The number of nitriles is 1. The molecule has 2 rings (SSSR count). The molecule has 0 spiro atoms. The highest BCUT2D eigenvalue weighted by atomic mass is 16.5. The number of anilines is 1. The number of carbonyl (C=O) groups is 1. The average molecular weight is 269 g/mol. The summed E-state index contributed by atoms with van der Waals surface area (Å²) in [5, 5.41) is 15.3. The summed E-state index contributed by atoms with van der Waals surface area (Å²) in [5.74, 6) is 0.733. The number of rotatable bonds is 2. The number of carbonyl (C=O) groups excluding carboxylic acids is 1. The van der Waals surface area contributed by atoms with E-state index in [9.17, 15) is 4.79 Å². The standard InChI is InChI=1S/C15H15N3O2/c1-15(2,3)12-8-13(18-20-12)17-14(19)11-6-4-5-10(7-11)9-16/h4-8H,1-3H3,(H,17,18,19). The molecule has 0 bridgehead atoms. The van der Waals surface area contributed by atoms with Crippen molar-refractivity contribution in [1.82, 2.24) is 5.16 Å². The molecular weight excluding hydrogens is 254 g/mol. The van der Waals surface area contributed by atoms with Crippen LogP contribution in [0.15, 0.2) is 34.9 Å². The third-order valence-corrected chi connectivity index (χ3v) is 2.74. The van der Waals surface area contributed by atoms with Crippen LogP contribution in [-0.2, 0) is 5.41 Å². The van der Waals surface area contributed by atoms with Gasteiger partial charge in [-0.3, -0.25) is 4.79 Å². The number of aromatic nitrogens is 1. The third kappa shape index (κ3) is 3.04. The molecule has 0 atom stereocenters. The molecule has 1 aromatic carbocycles. The maximum atomic E-state index is 12.0. The van der Waals surface area contributed by atoms with Crippen molar-refractivity contribution >= 4 is 11.7 Å². The molecule has 1 heterocycles. The zero-order valence-corrected chi connectivity index (χ0v) is 11.6. The summed E-state index contributed by atoms with van der Waals surface area (Å²) in [6.45, 7) is 5.99. The Bertz CT molecular complexity index is 675. The Labute approximate surface area is 117 Å². The Kier molecular flexibility index (Phi) is 3.57. The first kappa shape index (κ1) is 13.8. The number of benzene rings is 1. The van der Waals surface area contributed by atoms with Crippen molar-refractivity contribution in [1.29, 1.82) is 5.26 Å². The van der Waals surface area contributed by atoms with Crippen LogP contribution in [0.3, 0.4) is 0 Å².